The highest BCUT2D eigenvalue weighted by molar-refractivity contribution is 7.80. The Hall–Kier alpha value is -1.00. The van der Waals surface area contributed by atoms with Crippen molar-refractivity contribution in [3.63, 3.8) is 0 Å². The Labute approximate surface area is 89.2 Å². The molecule has 1 rings (SSSR count). The number of hydrogen-bond acceptors (Lipinski definition) is 3. The van der Waals surface area contributed by atoms with E-state index in [-0.39, 0.29) is 6.61 Å². The fourth-order valence-corrected chi connectivity index (χ4v) is 1.31. The van der Waals surface area contributed by atoms with Gasteiger partial charge >= 0.3 is 0 Å². The van der Waals surface area contributed by atoms with Crippen LogP contribution in [0.1, 0.15) is 11.3 Å². The van der Waals surface area contributed by atoms with Crippen LogP contribution in [-0.4, -0.2) is 28.2 Å². The molecule has 0 aliphatic carbocycles. The van der Waals surface area contributed by atoms with Crippen molar-refractivity contribution < 1.29 is 5.11 Å². The highest BCUT2D eigenvalue weighted by Gasteiger charge is 1.98. The molecule has 0 saturated heterocycles. The van der Waals surface area contributed by atoms with E-state index < -0.39 is 0 Å². The molecule has 4 heteroatoms. The molecule has 14 heavy (non-hydrogen) atoms. The average molecular weight is 210 g/mol. The monoisotopic (exact) mass is 210 g/mol. The molecule has 0 aliphatic rings. The van der Waals surface area contributed by atoms with Crippen molar-refractivity contribution in [1.82, 2.24) is 10.3 Å². The van der Waals surface area contributed by atoms with E-state index in [0.717, 1.165) is 16.2 Å². The van der Waals surface area contributed by atoms with Crippen LogP contribution in [0.3, 0.4) is 0 Å². The number of aliphatic hydroxyl groups excluding tert-OH is 1. The Morgan fingerprint density at radius 3 is 2.93 bits per heavy atom. The zero-order chi connectivity index (χ0) is 10.4. The molecule has 0 aromatic carbocycles. The summed E-state index contributed by atoms with van der Waals surface area (Å²) in [4.78, 5) is 4.92. The molecule has 0 aliphatic heterocycles. The summed E-state index contributed by atoms with van der Waals surface area (Å²) in [5.74, 6) is 0. The Morgan fingerprint density at radius 2 is 2.36 bits per heavy atom. The van der Waals surface area contributed by atoms with Gasteiger partial charge in [-0.25, -0.2) is 0 Å². The Kier molecular flexibility index (Phi) is 4.49. The third kappa shape index (κ3) is 3.81. The number of aliphatic hydroxyl groups is 1. The van der Waals surface area contributed by atoms with E-state index in [1.54, 1.807) is 0 Å². The van der Waals surface area contributed by atoms with Gasteiger partial charge in [0, 0.05) is 24.9 Å². The first-order valence-corrected chi connectivity index (χ1v) is 4.92. The largest absolute Gasteiger partial charge is 0.395 e. The number of thiocarbonyl (C=S) groups is 1. The molecule has 1 aromatic heterocycles. The number of pyridine rings is 1. The number of aromatic nitrogens is 1. The molecule has 0 atom stereocenters. The van der Waals surface area contributed by atoms with Crippen LogP contribution < -0.4 is 5.32 Å². The molecular formula is C10H14N2OS. The van der Waals surface area contributed by atoms with Crippen molar-refractivity contribution in [2.75, 3.05) is 13.2 Å². The minimum atomic E-state index is 0.103. The first kappa shape index (κ1) is 11.1. The van der Waals surface area contributed by atoms with Gasteiger partial charge in [0.05, 0.1) is 11.6 Å². The molecular weight excluding hydrogens is 196 g/mol. The Balaban J connectivity index is 2.44. The summed E-state index contributed by atoms with van der Waals surface area (Å²) in [7, 11) is 0. The maximum Gasteiger partial charge on any atom is 0.0799 e. The second kappa shape index (κ2) is 5.67. The lowest BCUT2D eigenvalue weighted by atomic mass is 10.2. The second-order valence-electron chi connectivity index (χ2n) is 3.06. The van der Waals surface area contributed by atoms with Crippen LogP contribution in [0.4, 0.5) is 0 Å². The van der Waals surface area contributed by atoms with Crippen LogP contribution in [0.25, 0.3) is 0 Å². The van der Waals surface area contributed by atoms with Gasteiger partial charge in [0.1, 0.15) is 0 Å². The second-order valence-corrected chi connectivity index (χ2v) is 3.55. The molecule has 2 N–H and O–H groups in total. The fourth-order valence-electron chi connectivity index (χ4n) is 1.05. The van der Waals surface area contributed by atoms with Gasteiger partial charge in [-0.1, -0.05) is 18.3 Å². The van der Waals surface area contributed by atoms with Gasteiger partial charge in [0.15, 0.2) is 0 Å². The lowest BCUT2D eigenvalue weighted by Crippen LogP contribution is -2.26. The van der Waals surface area contributed by atoms with E-state index in [1.165, 1.54) is 0 Å². The van der Waals surface area contributed by atoms with Crippen molar-refractivity contribution in [2.45, 2.75) is 13.3 Å². The van der Waals surface area contributed by atoms with Crippen LogP contribution in [0, 0.1) is 6.92 Å². The minimum absolute atomic E-state index is 0.103. The Morgan fingerprint density at radius 1 is 1.57 bits per heavy atom. The first-order valence-electron chi connectivity index (χ1n) is 4.51. The van der Waals surface area contributed by atoms with Gasteiger partial charge in [0.2, 0.25) is 0 Å². The molecule has 0 radical (unpaired) electrons. The maximum absolute atomic E-state index is 8.58. The number of rotatable bonds is 4. The highest BCUT2D eigenvalue weighted by atomic mass is 32.1. The summed E-state index contributed by atoms with van der Waals surface area (Å²) in [5.41, 5.74) is 2.09. The van der Waals surface area contributed by atoms with E-state index in [2.05, 4.69) is 10.3 Å². The molecule has 1 aromatic rings. The first-order chi connectivity index (χ1) is 6.72. The van der Waals surface area contributed by atoms with Gasteiger partial charge in [-0.2, -0.15) is 0 Å². The minimum Gasteiger partial charge on any atom is -0.395 e. The van der Waals surface area contributed by atoms with Crippen molar-refractivity contribution in [3.8, 4) is 0 Å². The molecule has 0 saturated carbocycles. The predicted molar refractivity (Wildman–Crippen MR) is 60.4 cm³/mol. The van der Waals surface area contributed by atoms with Gasteiger partial charge in [0.25, 0.3) is 0 Å². The zero-order valence-electron chi connectivity index (χ0n) is 8.16. The summed E-state index contributed by atoms with van der Waals surface area (Å²) in [5, 5.41) is 11.5. The van der Waals surface area contributed by atoms with E-state index in [4.69, 9.17) is 17.3 Å². The maximum atomic E-state index is 8.58. The lowest BCUT2D eigenvalue weighted by Gasteiger charge is -2.05. The van der Waals surface area contributed by atoms with Gasteiger partial charge < -0.3 is 10.4 Å². The number of nitrogens with zero attached hydrogens (tertiary/aromatic N) is 1. The van der Waals surface area contributed by atoms with E-state index in [9.17, 15) is 0 Å². The summed E-state index contributed by atoms with van der Waals surface area (Å²) in [6.07, 6.45) is 2.50. The Bertz CT molecular complexity index is 297. The topological polar surface area (TPSA) is 45.1 Å². The van der Waals surface area contributed by atoms with Crippen LogP contribution in [-0.2, 0) is 6.42 Å². The third-order valence-corrected chi connectivity index (χ3v) is 2.06. The van der Waals surface area contributed by atoms with Gasteiger partial charge in [-0.3, -0.25) is 4.98 Å². The third-order valence-electron chi connectivity index (χ3n) is 1.77. The average Bonchev–Trinajstić information content (AvgIpc) is 2.18. The smallest absolute Gasteiger partial charge is 0.0799 e. The van der Waals surface area contributed by atoms with E-state index in [0.29, 0.717) is 13.0 Å². The van der Waals surface area contributed by atoms with Gasteiger partial charge in [-0.05, 0) is 18.6 Å². The standard InChI is InChI=1S/C10H14N2OS/c1-8-2-3-9(7-12-8)6-10(14)11-4-5-13/h2-3,7,13H,4-6H2,1H3,(H,11,14). The quantitative estimate of drug-likeness (QED) is 0.723. The predicted octanol–water partition coefficient (Wildman–Crippen LogP) is 0.842. The molecule has 3 nitrogen and oxygen atoms in total. The van der Waals surface area contributed by atoms with Crippen molar-refractivity contribution >= 4 is 17.2 Å². The summed E-state index contributed by atoms with van der Waals surface area (Å²) >= 11 is 5.08. The molecule has 1 heterocycles. The molecule has 0 bridgehead atoms. The summed E-state index contributed by atoms with van der Waals surface area (Å²) in [6, 6.07) is 3.97. The van der Waals surface area contributed by atoms with Crippen molar-refractivity contribution in [1.29, 1.82) is 0 Å². The van der Waals surface area contributed by atoms with E-state index >= 15 is 0 Å². The fraction of sp³-hybridized carbons (Fsp3) is 0.400. The summed E-state index contributed by atoms with van der Waals surface area (Å²) in [6.45, 7) is 2.57. The highest BCUT2D eigenvalue weighted by Crippen LogP contribution is 2.00. The van der Waals surface area contributed by atoms with Crippen LogP contribution in [0.2, 0.25) is 0 Å². The van der Waals surface area contributed by atoms with Crippen LogP contribution >= 0.6 is 12.2 Å². The lowest BCUT2D eigenvalue weighted by molar-refractivity contribution is 0.300. The number of aryl methyl sites for hydroxylation is 1. The molecule has 0 amide bonds. The van der Waals surface area contributed by atoms with Crippen molar-refractivity contribution in [3.05, 3.63) is 29.6 Å². The molecule has 0 fully saturated rings. The zero-order valence-corrected chi connectivity index (χ0v) is 8.97. The normalized spacial score (nSPS) is 9.86. The van der Waals surface area contributed by atoms with Gasteiger partial charge in [-0.15, -0.1) is 0 Å². The molecule has 76 valence electrons. The van der Waals surface area contributed by atoms with Crippen LogP contribution in [0.15, 0.2) is 18.3 Å². The molecule has 0 unspecified atom stereocenters. The molecule has 0 spiro atoms. The summed E-state index contributed by atoms with van der Waals surface area (Å²) < 4.78 is 0. The number of hydrogen-bond donors (Lipinski definition) is 2. The SMILES string of the molecule is Cc1ccc(CC(=S)NCCO)cn1. The van der Waals surface area contributed by atoms with Crippen LogP contribution in [0.5, 0.6) is 0 Å². The number of nitrogens with one attached hydrogen (secondary N) is 1. The van der Waals surface area contributed by atoms with E-state index in [1.807, 2.05) is 25.3 Å². The van der Waals surface area contributed by atoms with Crippen molar-refractivity contribution in [2.24, 2.45) is 0 Å².